The number of nitrogens with one attached hydrogen (secondary N) is 1. The quantitative estimate of drug-likeness (QED) is 0.370. The average molecular weight is 539 g/mol. The first-order valence-electron chi connectivity index (χ1n) is 12.7. The predicted molar refractivity (Wildman–Crippen MR) is 149 cm³/mol. The maximum Gasteiger partial charge on any atom is 0.311 e. The van der Waals surface area contributed by atoms with Crippen molar-refractivity contribution in [1.82, 2.24) is 14.7 Å². The molecule has 38 heavy (non-hydrogen) atoms. The summed E-state index contributed by atoms with van der Waals surface area (Å²) in [6, 6.07) is 14.9. The molecule has 202 valence electrons. The molecule has 0 spiro atoms. The first-order chi connectivity index (χ1) is 17.7. The van der Waals surface area contributed by atoms with Crippen molar-refractivity contribution in [1.29, 1.82) is 0 Å². The number of likely N-dealkylation sites (tertiary alicyclic amines) is 1. The van der Waals surface area contributed by atoms with E-state index in [4.69, 9.17) is 16.3 Å². The molecule has 1 saturated heterocycles. The van der Waals surface area contributed by atoms with Crippen LogP contribution < -0.4 is 10.1 Å². The van der Waals surface area contributed by atoms with Gasteiger partial charge in [-0.1, -0.05) is 23.7 Å². The standard InChI is InChI=1S/C29H35ClN4O4/c1-18(2)38-25-12-9-20(13-22(25)30)24-14-23(32-34(24)28(3,4)5)26(35)31-21-10-7-19(8-11-21)15-33-16-29(6,17-33)27(36)37/h7-14,18H,15-17H2,1-6H3,(H,31,35)(H,36,37). The molecule has 1 amide bonds. The third-order valence-electron chi connectivity index (χ3n) is 6.45. The van der Waals surface area contributed by atoms with E-state index in [1.165, 1.54) is 0 Å². The molecule has 1 aliphatic heterocycles. The van der Waals surface area contributed by atoms with Crippen molar-refractivity contribution in [3.05, 3.63) is 64.8 Å². The van der Waals surface area contributed by atoms with Gasteiger partial charge in [0, 0.05) is 30.9 Å². The molecule has 8 nitrogen and oxygen atoms in total. The average Bonchev–Trinajstić information content (AvgIpc) is 3.26. The van der Waals surface area contributed by atoms with Crippen molar-refractivity contribution >= 4 is 29.2 Å². The third-order valence-corrected chi connectivity index (χ3v) is 6.74. The van der Waals surface area contributed by atoms with Gasteiger partial charge in [-0.15, -0.1) is 0 Å². The zero-order chi connectivity index (χ0) is 27.8. The lowest BCUT2D eigenvalue weighted by atomic mass is 9.82. The summed E-state index contributed by atoms with van der Waals surface area (Å²) in [4.78, 5) is 26.5. The van der Waals surface area contributed by atoms with Gasteiger partial charge in [-0.25, -0.2) is 0 Å². The molecule has 2 aromatic carbocycles. The maximum atomic E-state index is 13.1. The number of carboxylic acids is 1. The number of carboxylic acid groups (broad SMARTS) is 1. The Balaban J connectivity index is 1.48. The number of nitrogens with zero attached hydrogens (tertiary/aromatic N) is 3. The molecule has 1 fully saturated rings. The molecular weight excluding hydrogens is 504 g/mol. The number of hydrogen-bond donors (Lipinski definition) is 2. The number of benzene rings is 2. The van der Waals surface area contributed by atoms with Crippen LogP contribution in [0.15, 0.2) is 48.5 Å². The number of carbonyl (C=O) groups excluding carboxylic acids is 1. The van der Waals surface area contributed by atoms with Crippen LogP contribution in [0.25, 0.3) is 11.3 Å². The minimum atomic E-state index is -0.760. The zero-order valence-electron chi connectivity index (χ0n) is 22.7. The van der Waals surface area contributed by atoms with Gasteiger partial charge in [0.1, 0.15) is 5.75 Å². The Morgan fingerprint density at radius 3 is 2.34 bits per heavy atom. The van der Waals surface area contributed by atoms with Crippen LogP contribution in [-0.4, -0.2) is 50.9 Å². The number of carbonyl (C=O) groups is 2. The second kappa shape index (κ2) is 10.4. The summed E-state index contributed by atoms with van der Waals surface area (Å²) in [6.07, 6.45) is 0.00581. The van der Waals surface area contributed by atoms with E-state index < -0.39 is 11.4 Å². The highest BCUT2D eigenvalue weighted by atomic mass is 35.5. The van der Waals surface area contributed by atoms with Gasteiger partial charge in [-0.05, 0) is 83.5 Å². The Kier molecular flexibility index (Phi) is 7.59. The predicted octanol–water partition coefficient (Wildman–Crippen LogP) is 5.90. The van der Waals surface area contributed by atoms with Gasteiger partial charge >= 0.3 is 5.97 Å². The van der Waals surface area contributed by atoms with Gasteiger partial charge in [-0.2, -0.15) is 5.10 Å². The monoisotopic (exact) mass is 538 g/mol. The van der Waals surface area contributed by atoms with Crippen LogP contribution in [0, 0.1) is 5.41 Å². The summed E-state index contributed by atoms with van der Waals surface area (Å²) in [7, 11) is 0. The van der Waals surface area contributed by atoms with Crippen LogP contribution in [-0.2, 0) is 16.9 Å². The van der Waals surface area contributed by atoms with Gasteiger partial charge in [0.2, 0.25) is 0 Å². The zero-order valence-corrected chi connectivity index (χ0v) is 23.5. The van der Waals surface area contributed by atoms with Crippen LogP contribution in [0.5, 0.6) is 5.75 Å². The molecule has 2 N–H and O–H groups in total. The molecule has 0 atom stereocenters. The molecule has 0 unspecified atom stereocenters. The first kappa shape index (κ1) is 27.7. The number of rotatable bonds is 8. The van der Waals surface area contributed by atoms with Gasteiger partial charge in [0.15, 0.2) is 5.69 Å². The number of aromatic nitrogens is 2. The molecular formula is C29H35ClN4O4. The van der Waals surface area contributed by atoms with Crippen molar-refractivity contribution in [2.24, 2.45) is 5.41 Å². The Bertz CT molecular complexity index is 1340. The van der Waals surface area contributed by atoms with Gasteiger partial charge in [0.25, 0.3) is 5.91 Å². The molecule has 9 heteroatoms. The van der Waals surface area contributed by atoms with E-state index in [1.807, 2.05) is 81.8 Å². The third kappa shape index (κ3) is 6.03. The summed E-state index contributed by atoms with van der Waals surface area (Å²) in [5.74, 6) is -0.462. The molecule has 1 aliphatic rings. The second-order valence-electron chi connectivity index (χ2n) is 11.5. The molecule has 0 radical (unpaired) electrons. The largest absolute Gasteiger partial charge is 0.489 e. The Morgan fingerprint density at radius 2 is 1.79 bits per heavy atom. The van der Waals surface area contributed by atoms with E-state index in [0.29, 0.717) is 41.8 Å². The Morgan fingerprint density at radius 1 is 1.13 bits per heavy atom. The Labute approximate surface area is 228 Å². The summed E-state index contributed by atoms with van der Waals surface area (Å²) in [5.41, 5.74) is 2.58. The van der Waals surface area contributed by atoms with E-state index in [0.717, 1.165) is 16.8 Å². The number of hydrogen-bond acceptors (Lipinski definition) is 5. The van der Waals surface area contributed by atoms with Gasteiger partial charge in [0.05, 0.1) is 27.8 Å². The topological polar surface area (TPSA) is 96.7 Å². The number of ether oxygens (including phenoxy) is 1. The van der Waals surface area contributed by atoms with Crippen LogP contribution in [0.2, 0.25) is 5.02 Å². The summed E-state index contributed by atoms with van der Waals surface area (Å²) < 4.78 is 7.59. The van der Waals surface area contributed by atoms with Crippen LogP contribution in [0.4, 0.5) is 5.69 Å². The minimum absolute atomic E-state index is 0.00581. The maximum absolute atomic E-state index is 13.1. The molecule has 4 rings (SSSR count). The lowest BCUT2D eigenvalue weighted by Crippen LogP contribution is -2.58. The molecule has 1 aromatic heterocycles. The highest BCUT2D eigenvalue weighted by Crippen LogP contribution is 2.34. The summed E-state index contributed by atoms with van der Waals surface area (Å²) in [5, 5.41) is 17.3. The fourth-order valence-corrected chi connectivity index (χ4v) is 4.78. The van der Waals surface area contributed by atoms with Crippen molar-refractivity contribution in [3.8, 4) is 17.0 Å². The smallest absolute Gasteiger partial charge is 0.311 e. The molecule has 0 saturated carbocycles. The van der Waals surface area contributed by atoms with Crippen molar-refractivity contribution in [3.63, 3.8) is 0 Å². The molecule has 0 aliphatic carbocycles. The van der Waals surface area contributed by atoms with Crippen molar-refractivity contribution in [2.45, 2.75) is 59.7 Å². The van der Waals surface area contributed by atoms with Gasteiger partial charge < -0.3 is 15.2 Å². The van der Waals surface area contributed by atoms with E-state index in [2.05, 4.69) is 15.3 Å². The highest BCUT2D eigenvalue weighted by Gasteiger charge is 2.44. The molecule has 2 heterocycles. The second-order valence-corrected chi connectivity index (χ2v) is 11.9. The number of amides is 1. The number of halogens is 1. The van der Waals surface area contributed by atoms with E-state index >= 15 is 0 Å². The van der Waals surface area contributed by atoms with E-state index in [1.54, 1.807) is 13.0 Å². The summed E-state index contributed by atoms with van der Waals surface area (Å²) in [6.45, 7) is 13.5. The van der Waals surface area contributed by atoms with Crippen LogP contribution in [0.3, 0.4) is 0 Å². The first-order valence-corrected chi connectivity index (χ1v) is 13.1. The van der Waals surface area contributed by atoms with Crippen molar-refractivity contribution in [2.75, 3.05) is 18.4 Å². The van der Waals surface area contributed by atoms with E-state index in [9.17, 15) is 14.7 Å². The fraction of sp³-hybridized carbons (Fsp3) is 0.414. The Hall–Kier alpha value is -3.36. The SMILES string of the molecule is CC(C)Oc1ccc(-c2cc(C(=O)Nc3ccc(CN4CC(C)(C(=O)O)C4)cc3)nn2C(C)(C)C)cc1Cl. The molecule has 0 bridgehead atoms. The lowest BCUT2D eigenvalue weighted by Gasteiger charge is -2.45. The normalized spacial score (nSPS) is 15.3. The van der Waals surface area contributed by atoms with Crippen molar-refractivity contribution < 1.29 is 19.4 Å². The lowest BCUT2D eigenvalue weighted by molar-refractivity contribution is -0.158. The van der Waals surface area contributed by atoms with Crippen LogP contribution >= 0.6 is 11.6 Å². The van der Waals surface area contributed by atoms with Gasteiger partial charge in [-0.3, -0.25) is 19.2 Å². The number of anilines is 1. The fourth-order valence-electron chi connectivity index (χ4n) is 4.55. The highest BCUT2D eigenvalue weighted by molar-refractivity contribution is 6.32. The number of aliphatic carboxylic acids is 1. The molecule has 3 aromatic rings. The minimum Gasteiger partial charge on any atom is -0.489 e. The summed E-state index contributed by atoms with van der Waals surface area (Å²) >= 11 is 6.49. The van der Waals surface area contributed by atoms with E-state index in [-0.39, 0.29) is 17.6 Å². The van der Waals surface area contributed by atoms with Crippen LogP contribution in [0.1, 0.15) is 57.6 Å².